The Kier molecular flexibility index (Phi) is 6.47. The van der Waals surface area contributed by atoms with Crippen molar-refractivity contribution in [1.82, 2.24) is 14.9 Å². The Morgan fingerprint density at radius 2 is 1.97 bits per heavy atom. The van der Waals surface area contributed by atoms with Gasteiger partial charge in [0.1, 0.15) is 5.82 Å². The third-order valence-corrected chi connectivity index (χ3v) is 5.24. The summed E-state index contributed by atoms with van der Waals surface area (Å²) in [7, 11) is 3.50. The van der Waals surface area contributed by atoms with Crippen molar-refractivity contribution in [2.45, 2.75) is 39.7 Å². The van der Waals surface area contributed by atoms with Gasteiger partial charge in [-0.15, -0.1) is 0 Å². The monoisotopic (exact) mass is 399 g/mol. The van der Waals surface area contributed by atoms with Crippen LogP contribution in [0.5, 0.6) is 11.5 Å². The lowest BCUT2D eigenvalue weighted by Gasteiger charge is -2.31. The molecule has 7 nitrogen and oxygen atoms in total. The summed E-state index contributed by atoms with van der Waals surface area (Å²) in [6.45, 7) is 11.6. The van der Waals surface area contributed by atoms with Gasteiger partial charge in [0.2, 0.25) is 5.95 Å². The second-order valence-corrected chi connectivity index (χ2v) is 8.54. The minimum absolute atomic E-state index is 0.205. The van der Waals surface area contributed by atoms with Crippen molar-refractivity contribution in [1.29, 1.82) is 0 Å². The third-order valence-electron chi connectivity index (χ3n) is 5.24. The average molecular weight is 400 g/mol. The quantitative estimate of drug-likeness (QED) is 0.727. The maximum Gasteiger partial charge on any atom is 0.229 e. The molecular weight excluding hydrogens is 366 g/mol. The third kappa shape index (κ3) is 5.50. The van der Waals surface area contributed by atoms with Gasteiger partial charge in [-0.2, -0.15) is 4.98 Å². The molecule has 3 rings (SSSR count). The highest BCUT2D eigenvalue weighted by atomic mass is 16.5. The summed E-state index contributed by atoms with van der Waals surface area (Å²) in [6.07, 6.45) is 1.15. The molecule has 0 saturated carbocycles. The van der Waals surface area contributed by atoms with Gasteiger partial charge in [0.25, 0.3) is 0 Å². The molecule has 1 aliphatic heterocycles. The van der Waals surface area contributed by atoms with Gasteiger partial charge in [-0.05, 0) is 52.8 Å². The molecule has 2 aromatic rings. The van der Waals surface area contributed by atoms with E-state index < -0.39 is 0 Å². The molecule has 0 spiro atoms. The van der Waals surface area contributed by atoms with Crippen molar-refractivity contribution in [3.63, 3.8) is 0 Å². The van der Waals surface area contributed by atoms with E-state index in [-0.39, 0.29) is 5.54 Å². The number of hydrogen-bond donors (Lipinski definition) is 2. The van der Waals surface area contributed by atoms with Crippen LogP contribution in [-0.4, -0.2) is 54.3 Å². The van der Waals surface area contributed by atoms with Crippen LogP contribution >= 0.6 is 0 Å². The lowest BCUT2D eigenvalue weighted by atomic mass is 10.1. The molecule has 1 saturated heterocycles. The highest BCUT2D eigenvalue weighted by molar-refractivity contribution is 5.60. The van der Waals surface area contributed by atoms with Crippen LogP contribution in [0, 0.1) is 12.8 Å². The molecule has 1 aliphatic rings. The lowest BCUT2D eigenvalue weighted by molar-refractivity contribution is 0.157. The van der Waals surface area contributed by atoms with E-state index in [0.29, 0.717) is 18.5 Å². The van der Waals surface area contributed by atoms with Crippen LogP contribution in [0.15, 0.2) is 24.3 Å². The van der Waals surface area contributed by atoms with Crippen molar-refractivity contribution in [3.05, 3.63) is 30.0 Å². The Morgan fingerprint density at radius 3 is 2.62 bits per heavy atom. The van der Waals surface area contributed by atoms with Crippen molar-refractivity contribution < 1.29 is 9.47 Å². The predicted octanol–water partition coefficient (Wildman–Crippen LogP) is 4.08. The van der Waals surface area contributed by atoms with Crippen LogP contribution in [0.2, 0.25) is 0 Å². The van der Waals surface area contributed by atoms with Gasteiger partial charge in [-0.1, -0.05) is 0 Å². The number of benzene rings is 1. The molecule has 7 heteroatoms. The van der Waals surface area contributed by atoms with Gasteiger partial charge in [-0.25, -0.2) is 4.98 Å². The summed E-state index contributed by atoms with van der Waals surface area (Å²) in [5.74, 6) is 3.29. The van der Waals surface area contributed by atoms with Crippen LogP contribution < -0.4 is 20.1 Å². The molecule has 0 amide bonds. The second-order valence-electron chi connectivity index (χ2n) is 8.54. The van der Waals surface area contributed by atoms with Crippen LogP contribution in [0.3, 0.4) is 0 Å². The predicted molar refractivity (Wildman–Crippen MR) is 118 cm³/mol. The molecule has 0 aliphatic carbocycles. The number of aryl methyl sites for hydroxylation is 1. The zero-order valence-corrected chi connectivity index (χ0v) is 18.4. The molecule has 1 fully saturated rings. The minimum Gasteiger partial charge on any atom is -0.493 e. The standard InChI is InChI=1S/C22H33N5O2/c1-15-11-20(23-5)26-21(24-15)25-17-7-8-18(28-6)19(12-17)29-14-16-9-10-27(13-16)22(2,3)4/h7-8,11-12,16H,9-10,13-14H2,1-6H3,(H2,23,24,25,26). The van der Waals surface area contributed by atoms with Crippen molar-refractivity contribution in [2.24, 2.45) is 5.92 Å². The normalized spacial score (nSPS) is 17.2. The van der Waals surface area contributed by atoms with Gasteiger partial charge in [-0.3, -0.25) is 4.90 Å². The number of methoxy groups -OCH3 is 1. The molecular formula is C22H33N5O2. The molecule has 1 aromatic carbocycles. The molecule has 2 N–H and O–H groups in total. The molecule has 29 heavy (non-hydrogen) atoms. The highest BCUT2D eigenvalue weighted by Crippen LogP contribution is 2.33. The van der Waals surface area contributed by atoms with Crippen LogP contribution in [-0.2, 0) is 0 Å². The van der Waals surface area contributed by atoms with Crippen LogP contribution in [0.25, 0.3) is 0 Å². The summed E-state index contributed by atoms with van der Waals surface area (Å²) < 4.78 is 11.7. The Bertz CT molecular complexity index is 834. The largest absolute Gasteiger partial charge is 0.493 e. The first-order chi connectivity index (χ1) is 13.8. The topological polar surface area (TPSA) is 71.5 Å². The van der Waals surface area contributed by atoms with Crippen molar-refractivity contribution in [2.75, 3.05) is 44.5 Å². The van der Waals surface area contributed by atoms with E-state index in [0.717, 1.165) is 48.2 Å². The Morgan fingerprint density at radius 1 is 1.17 bits per heavy atom. The molecule has 2 heterocycles. The SMILES string of the molecule is CNc1cc(C)nc(Nc2ccc(OC)c(OCC3CCN(C(C)(C)C)C3)c2)n1. The second kappa shape index (κ2) is 8.86. The van der Waals surface area contributed by atoms with Crippen molar-refractivity contribution in [3.8, 4) is 11.5 Å². The minimum atomic E-state index is 0.205. The average Bonchev–Trinajstić information content (AvgIpc) is 3.15. The van der Waals surface area contributed by atoms with E-state index >= 15 is 0 Å². The molecule has 1 aromatic heterocycles. The fourth-order valence-electron chi connectivity index (χ4n) is 3.53. The molecule has 1 atom stereocenters. The van der Waals surface area contributed by atoms with Crippen LogP contribution in [0.4, 0.5) is 17.5 Å². The first-order valence-electron chi connectivity index (χ1n) is 10.1. The van der Waals surface area contributed by atoms with Gasteiger partial charge in [0.05, 0.1) is 13.7 Å². The zero-order valence-electron chi connectivity index (χ0n) is 18.4. The van der Waals surface area contributed by atoms with E-state index in [9.17, 15) is 0 Å². The van der Waals surface area contributed by atoms with Gasteiger partial charge < -0.3 is 20.1 Å². The molecule has 158 valence electrons. The highest BCUT2D eigenvalue weighted by Gasteiger charge is 2.30. The Labute approximate surface area is 173 Å². The number of nitrogens with zero attached hydrogens (tertiary/aromatic N) is 3. The number of hydrogen-bond acceptors (Lipinski definition) is 7. The van der Waals surface area contributed by atoms with E-state index in [2.05, 4.69) is 46.3 Å². The smallest absolute Gasteiger partial charge is 0.229 e. The van der Waals surface area contributed by atoms with E-state index in [1.165, 1.54) is 0 Å². The lowest BCUT2D eigenvalue weighted by Crippen LogP contribution is -2.39. The molecule has 0 bridgehead atoms. The van der Waals surface area contributed by atoms with E-state index in [4.69, 9.17) is 9.47 Å². The number of likely N-dealkylation sites (tertiary alicyclic amines) is 1. The maximum absolute atomic E-state index is 6.18. The van der Waals surface area contributed by atoms with Gasteiger partial charge in [0, 0.05) is 48.6 Å². The van der Waals surface area contributed by atoms with Crippen LogP contribution in [0.1, 0.15) is 32.9 Å². The summed E-state index contributed by atoms with van der Waals surface area (Å²) in [5, 5.41) is 6.31. The number of rotatable bonds is 7. The molecule has 1 unspecified atom stereocenters. The Balaban J connectivity index is 1.69. The summed E-state index contributed by atoms with van der Waals surface area (Å²) >= 11 is 0. The van der Waals surface area contributed by atoms with Gasteiger partial charge in [0.15, 0.2) is 11.5 Å². The number of ether oxygens (including phenoxy) is 2. The first kappa shape index (κ1) is 21.2. The van der Waals surface area contributed by atoms with Gasteiger partial charge >= 0.3 is 0 Å². The maximum atomic E-state index is 6.18. The first-order valence-corrected chi connectivity index (χ1v) is 10.1. The number of nitrogens with one attached hydrogen (secondary N) is 2. The number of aromatic nitrogens is 2. The summed E-state index contributed by atoms with van der Waals surface area (Å²) in [4.78, 5) is 11.4. The Hall–Kier alpha value is -2.54. The number of anilines is 3. The fraction of sp³-hybridized carbons (Fsp3) is 0.545. The summed E-state index contributed by atoms with van der Waals surface area (Å²) in [6, 6.07) is 7.69. The molecule has 0 radical (unpaired) electrons. The summed E-state index contributed by atoms with van der Waals surface area (Å²) in [5.41, 5.74) is 1.95. The van der Waals surface area contributed by atoms with Crippen molar-refractivity contribution >= 4 is 17.5 Å². The van der Waals surface area contributed by atoms with E-state index in [1.807, 2.05) is 38.2 Å². The van der Waals surface area contributed by atoms with E-state index in [1.54, 1.807) is 7.11 Å². The fourth-order valence-corrected chi connectivity index (χ4v) is 3.53. The zero-order chi connectivity index (χ0) is 21.0.